The zero-order valence-electron chi connectivity index (χ0n) is 16.5. The normalized spacial score (nSPS) is 21.7. The molecule has 0 saturated carbocycles. The molecule has 2 unspecified atom stereocenters. The Balaban J connectivity index is 0.00000240. The molecule has 2 fully saturated rings. The fraction of sp³-hybridized carbons (Fsp3) is 0.526. The molecule has 3 heterocycles. The van der Waals surface area contributed by atoms with E-state index in [4.69, 9.17) is 19.9 Å². The second kappa shape index (κ2) is 8.98. The zero-order valence-corrected chi connectivity index (χ0v) is 17.3. The lowest BCUT2D eigenvalue weighted by atomic mass is 10.0. The lowest BCUT2D eigenvalue weighted by molar-refractivity contribution is -0.129. The molecule has 0 radical (unpaired) electrons. The first-order valence-corrected chi connectivity index (χ1v) is 9.44. The van der Waals surface area contributed by atoms with Crippen LogP contribution in [0.2, 0.25) is 0 Å². The van der Waals surface area contributed by atoms with Crippen LogP contribution in [0.25, 0.3) is 10.9 Å². The van der Waals surface area contributed by atoms with E-state index >= 15 is 0 Å². The summed E-state index contributed by atoms with van der Waals surface area (Å²) in [6.07, 6.45) is 1.33. The number of fused-ring (bicyclic) bond motifs is 1. The minimum absolute atomic E-state index is 0. The average molecular weight is 424 g/mol. The van der Waals surface area contributed by atoms with E-state index in [0.29, 0.717) is 53.9 Å². The molecule has 2 aromatic rings. The summed E-state index contributed by atoms with van der Waals surface area (Å²) >= 11 is 0. The third-order valence-corrected chi connectivity index (χ3v) is 5.29. The number of methoxy groups -OCH3 is 2. The first kappa shape index (κ1) is 21.4. The van der Waals surface area contributed by atoms with Crippen LogP contribution in [-0.4, -0.2) is 68.4 Å². The number of hydrogen-bond acceptors (Lipinski definition) is 9. The van der Waals surface area contributed by atoms with E-state index in [1.54, 1.807) is 26.4 Å². The second-order valence-corrected chi connectivity index (χ2v) is 6.95. The number of nitrogens with two attached hydrogens (primary N) is 1. The lowest BCUT2D eigenvalue weighted by Crippen LogP contribution is -2.57. The predicted molar refractivity (Wildman–Crippen MR) is 112 cm³/mol. The molecule has 9 nitrogen and oxygen atoms in total. The number of ether oxygens (including phenoxy) is 3. The average Bonchev–Trinajstić information content (AvgIpc) is 3.27. The minimum Gasteiger partial charge on any atom is -0.493 e. The predicted octanol–water partition coefficient (Wildman–Crippen LogP) is 1.18. The van der Waals surface area contributed by atoms with Crippen molar-refractivity contribution < 1.29 is 19.0 Å². The van der Waals surface area contributed by atoms with Crippen molar-refractivity contribution in [2.45, 2.75) is 25.0 Å². The number of rotatable bonds is 5. The fourth-order valence-electron chi connectivity index (χ4n) is 3.81. The maximum Gasteiger partial charge on any atom is 0.228 e. The number of carbonyl (C=O) groups excluding carboxylic acids is 1. The van der Waals surface area contributed by atoms with Gasteiger partial charge in [-0.1, -0.05) is 0 Å². The van der Waals surface area contributed by atoms with Gasteiger partial charge in [0.1, 0.15) is 18.0 Å². The van der Waals surface area contributed by atoms with E-state index in [1.807, 2.05) is 4.90 Å². The van der Waals surface area contributed by atoms with E-state index in [9.17, 15) is 4.79 Å². The number of ketones is 1. The highest BCUT2D eigenvalue weighted by Crippen LogP contribution is 2.34. The summed E-state index contributed by atoms with van der Waals surface area (Å²) in [5.74, 6) is 1.97. The van der Waals surface area contributed by atoms with Gasteiger partial charge in [-0.2, -0.15) is 4.98 Å². The van der Waals surface area contributed by atoms with Crippen molar-refractivity contribution in [3.63, 3.8) is 0 Å². The van der Waals surface area contributed by atoms with Gasteiger partial charge < -0.3 is 30.2 Å². The Labute approximate surface area is 175 Å². The second-order valence-electron chi connectivity index (χ2n) is 6.95. The van der Waals surface area contributed by atoms with Gasteiger partial charge in [-0.25, -0.2) is 4.98 Å². The molecule has 2 atom stereocenters. The Morgan fingerprint density at radius 3 is 2.72 bits per heavy atom. The van der Waals surface area contributed by atoms with Crippen molar-refractivity contribution in [1.29, 1.82) is 0 Å². The molecule has 2 aliphatic rings. The smallest absolute Gasteiger partial charge is 0.228 e. The fourth-order valence-corrected chi connectivity index (χ4v) is 3.81. The van der Waals surface area contributed by atoms with Crippen LogP contribution >= 0.6 is 12.4 Å². The standard InChI is InChI=1S/C19H25N5O4.ClH/c1-26-15-8-11-12(9-16(15)27-2)22-19(23-18(11)20)24-6-5-21-10-13(24)17(25)14-4-3-7-28-14;/h8-9,13-14,21H,3-7,10H2,1-2H3,(H2,20,22,23);1H. The SMILES string of the molecule is COc1cc2nc(N3CCNCC3C(=O)C3CCCO3)nc(N)c2cc1OC.Cl. The van der Waals surface area contributed by atoms with Crippen LogP contribution in [0, 0.1) is 0 Å². The van der Waals surface area contributed by atoms with E-state index in [0.717, 1.165) is 19.4 Å². The zero-order chi connectivity index (χ0) is 19.7. The number of halogens is 1. The molecular formula is C19H26ClN5O4. The molecular weight excluding hydrogens is 398 g/mol. The highest BCUT2D eigenvalue weighted by molar-refractivity contribution is 5.94. The van der Waals surface area contributed by atoms with Gasteiger partial charge in [0, 0.05) is 37.7 Å². The molecule has 0 aliphatic carbocycles. The van der Waals surface area contributed by atoms with Gasteiger partial charge in [-0.3, -0.25) is 4.79 Å². The number of hydrogen-bond donors (Lipinski definition) is 2. The number of nitrogens with zero attached hydrogens (tertiary/aromatic N) is 3. The molecule has 0 bridgehead atoms. The van der Waals surface area contributed by atoms with Crippen LogP contribution in [0.15, 0.2) is 12.1 Å². The highest BCUT2D eigenvalue weighted by Gasteiger charge is 2.36. The largest absolute Gasteiger partial charge is 0.493 e. The van der Waals surface area contributed by atoms with Crippen molar-refractivity contribution in [2.75, 3.05) is 51.1 Å². The third kappa shape index (κ3) is 4.03. The Bertz CT molecular complexity index is 891. The molecule has 10 heteroatoms. The highest BCUT2D eigenvalue weighted by atomic mass is 35.5. The molecule has 0 amide bonds. The van der Waals surface area contributed by atoms with Gasteiger partial charge >= 0.3 is 0 Å². The van der Waals surface area contributed by atoms with Crippen LogP contribution < -0.4 is 25.4 Å². The summed E-state index contributed by atoms with van der Waals surface area (Å²) in [6, 6.07) is 3.16. The number of benzene rings is 1. The molecule has 4 rings (SSSR count). The molecule has 2 aliphatic heterocycles. The minimum atomic E-state index is -0.381. The number of piperazine rings is 1. The summed E-state index contributed by atoms with van der Waals surface area (Å²) in [6.45, 7) is 2.52. The summed E-state index contributed by atoms with van der Waals surface area (Å²) < 4.78 is 16.3. The van der Waals surface area contributed by atoms with Gasteiger partial charge in [-0.15, -0.1) is 12.4 Å². The van der Waals surface area contributed by atoms with Crippen LogP contribution in [0.4, 0.5) is 11.8 Å². The number of nitrogens with one attached hydrogen (secondary N) is 1. The third-order valence-electron chi connectivity index (χ3n) is 5.29. The van der Waals surface area contributed by atoms with Gasteiger partial charge in [-0.05, 0) is 18.9 Å². The van der Waals surface area contributed by atoms with Gasteiger partial charge in [0.2, 0.25) is 5.95 Å². The first-order chi connectivity index (χ1) is 13.6. The van der Waals surface area contributed by atoms with E-state index in [1.165, 1.54) is 0 Å². The van der Waals surface area contributed by atoms with Crippen molar-refractivity contribution in [1.82, 2.24) is 15.3 Å². The number of nitrogen functional groups attached to an aromatic ring is 1. The number of aromatic nitrogens is 2. The van der Waals surface area contributed by atoms with Gasteiger partial charge in [0.05, 0.1) is 19.7 Å². The Hall–Kier alpha value is -2.36. The van der Waals surface area contributed by atoms with E-state index in [-0.39, 0.29) is 30.3 Å². The Kier molecular flexibility index (Phi) is 6.61. The lowest BCUT2D eigenvalue weighted by Gasteiger charge is -2.36. The molecule has 1 aromatic heterocycles. The number of carbonyl (C=O) groups is 1. The summed E-state index contributed by atoms with van der Waals surface area (Å²) in [4.78, 5) is 24.1. The molecule has 2 saturated heterocycles. The van der Waals surface area contributed by atoms with Crippen molar-refractivity contribution in [3.05, 3.63) is 12.1 Å². The number of anilines is 2. The molecule has 158 valence electrons. The van der Waals surface area contributed by atoms with E-state index in [2.05, 4.69) is 15.3 Å². The molecule has 1 aromatic carbocycles. The van der Waals surface area contributed by atoms with Crippen molar-refractivity contribution in [2.24, 2.45) is 0 Å². The maximum absolute atomic E-state index is 13.0. The van der Waals surface area contributed by atoms with Crippen LogP contribution in [-0.2, 0) is 9.53 Å². The quantitative estimate of drug-likeness (QED) is 0.731. The van der Waals surface area contributed by atoms with Crippen LogP contribution in [0.5, 0.6) is 11.5 Å². The Morgan fingerprint density at radius 2 is 2.03 bits per heavy atom. The summed E-state index contributed by atoms with van der Waals surface area (Å²) in [7, 11) is 3.14. The van der Waals surface area contributed by atoms with E-state index < -0.39 is 0 Å². The Morgan fingerprint density at radius 1 is 1.28 bits per heavy atom. The molecule has 3 N–H and O–H groups in total. The van der Waals surface area contributed by atoms with Crippen LogP contribution in [0.3, 0.4) is 0 Å². The summed E-state index contributed by atoms with van der Waals surface area (Å²) in [5, 5.41) is 3.96. The van der Waals surface area contributed by atoms with Gasteiger partial charge in [0.25, 0.3) is 0 Å². The molecule has 0 spiro atoms. The van der Waals surface area contributed by atoms with Crippen molar-refractivity contribution in [3.8, 4) is 11.5 Å². The van der Waals surface area contributed by atoms with Crippen LogP contribution in [0.1, 0.15) is 12.8 Å². The monoisotopic (exact) mass is 423 g/mol. The number of Topliss-reactive ketones (excluding diaryl/α,β-unsaturated/α-hetero) is 1. The summed E-state index contributed by atoms with van der Waals surface area (Å²) in [5.41, 5.74) is 6.86. The topological polar surface area (TPSA) is 112 Å². The van der Waals surface area contributed by atoms with Gasteiger partial charge in [0.15, 0.2) is 17.3 Å². The molecule has 29 heavy (non-hydrogen) atoms. The van der Waals surface area contributed by atoms with Crippen molar-refractivity contribution >= 4 is 40.9 Å². The maximum atomic E-state index is 13.0. The first-order valence-electron chi connectivity index (χ1n) is 9.44.